The SMILES string of the molecule is CCC(=O)N1N=C(c2ccc(OC)cc2)Sc2c1ncn2C(=O)CC. The van der Waals surface area contributed by atoms with Crippen molar-refractivity contribution in [2.75, 3.05) is 12.1 Å². The number of imidazole rings is 1. The Balaban J connectivity index is 2.06. The highest BCUT2D eigenvalue weighted by Crippen LogP contribution is 2.37. The van der Waals surface area contributed by atoms with E-state index in [9.17, 15) is 9.59 Å². The number of thioether (sulfide) groups is 1. The number of methoxy groups -OCH3 is 1. The van der Waals surface area contributed by atoms with Crippen LogP contribution in [0.3, 0.4) is 0 Å². The molecule has 0 fully saturated rings. The van der Waals surface area contributed by atoms with Crippen LogP contribution in [-0.4, -0.2) is 33.5 Å². The molecule has 0 bridgehead atoms. The maximum atomic E-state index is 12.3. The van der Waals surface area contributed by atoms with Gasteiger partial charge in [-0.05, 0) is 36.0 Å². The van der Waals surface area contributed by atoms with Crippen LogP contribution in [-0.2, 0) is 4.79 Å². The first kappa shape index (κ1) is 17.2. The number of hydrazone groups is 1. The third-order valence-corrected chi connectivity index (χ3v) is 4.82. The first-order chi connectivity index (χ1) is 12.1. The molecule has 1 amide bonds. The van der Waals surface area contributed by atoms with Gasteiger partial charge < -0.3 is 4.74 Å². The summed E-state index contributed by atoms with van der Waals surface area (Å²) in [6, 6.07) is 7.39. The number of benzene rings is 1. The summed E-state index contributed by atoms with van der Waals surface area (Å²) in [4.78, 5) is 28.7. The van der Waals surface area contributed by atoms with Gasteiger partial charge in [-0.3, -0.25) is 14.2 Å². The minimum absolute atomic E-state index is 0.0823. The lowest BCUT2D eigenvalue weighted by Crippen LogP contribution is -2.29. The molecule has 0 spiro atoms. The number of hydrogen-bond acceptors (Lipinski definition) is 6. The van der Waals surface area contributed by atoms with Crippen LogP contribution in [0.25, 0.3) is 0 Å². The number of hydrogen-bond donors (Lipinski definition) is 0. The number of nitrogens with zero attached hydrogens (tertiary/aromatic N) is 4. The maximum Gasteiger partial charge on any atom is 0.248 e. The zero-order valence-corrected chi connectivity index (χ0v) is 15.0. The Morgan fingerprint density at radius 3 is 2.40 bits per heavy atom. The summed E-state index contributed by atoms with van der Waals surface area (Å²) in [5, 5.41) is 6.97. The molecular weight excluding hydrogens is 340 g/mol. The van der Waals surface area contributed by atoms with Crippen molar-refractivity contribution in [1.82, 2.24) is 9.55 Å². The third kappa shape index (κ3) is 3.17. The molecule has 0 aliphatic carbocycles. The van der Waals surface area contributed by atoms with Crippen LogP contribution in [0, 0.1) is 0 Å². The molecule has 1 aromatic carbocycles. The van der Waals surface area contributed by atoms with E-state index in [0.29, 0.717) is 22.3 Å². The topological polar surface area (TPSA) is 76.8 Å². The normalized spacial score (nSPS) is 13.2. The molecule has 1 aliphatic rings. The van der Waals surface area contributed by atoms with Crippen molar-refractivity contribution in [2.45, 2.75) is 31.7 Å². The highest BCUT2D eigenvalue weighted by molar-refractivity contribution is 8.14. The third-order valence-electron chi connectivity index (χ3n) is 3.74. The van der Waals surface area contributed by atoms with Crippen LogP contribution >= 0.6 is 11.8 Å². The quantitative estimate of drug-likeness (QED) is 0.839. The fraction of sp³-hybridized carbons (Fsp3) is 0.294. The van der Waals surface area contributed by atoms with Gasteiger partial charge in [0.05, 0.1) is 7.11 Å². The Bertz CT molecular complexity index is 842. The Morgan fingerprint density at radius 1 is 1.12 bits per heavy atom. The van der Waals surface area contributed by atoms with Gasteiger partial charge in [-0.15, -0.1) is 0 Å². The molecule has 0 saturated heterocycles. The molecule has 0 atom stereocenters. The fourth-order valence-electron chi connectivity index (χ4n) is 2.34. The van der Waals surface area contributed by atoms with Gasteiger partial charge in [0, 0.05) is 18.4 Å². The fourth-order valence-corrected chi connectivity index (χ4v) is 3.38. The van der Waals surface area contributed by atoms with E-state index in [0.717, 1.165) is 11.3 Å². The average Bonchev–Trinajstić information content (AvgIpc) is 3.10. The Morgan fingerprint density at radius 2 is 1.80 bits per heavy atom. The molecule has 0 N–H and O–H groups in total. The van der Waals surface area contributed by atoms with E-state index in [2.05, 4.69) is 10.1 Å². The molecule has 3 rings (SSSR count). The van der Waals surface area contributed by atoms with Crippen molar-refractivity contribution in [1.29, 1.82) is 0 Å². The zero-order valence-electron chi connectivity index (χ0n) is 14.2. The highest BCUT2D eigenvalue weighted by Gasteiger charge is 2.30. The molecule has 2 aromatic rings. The number of carbonyl (C=O) groups excluding carboxylic acids is 2. The second-order valence-electron chi connectivity index (χ2n) is 5.29. The lowest BCUT2D eigenvalue weighted by atomic mass is 10.2. The summed E-state index contributed by atoms with van der Waals surface area (Å²) in [5.74, 6) is 0.873. The van der Waals surface area contributed by atoms with Crippen LogP contribution in [0.2, 0.25) is 0 Å². The van der Waals surface area contributed by atoms with E-state index < -0.39 is 0 Å². The van der Waals surface area contributed by atoms with Gasteiger partial charge in [-0.2, -0.15) is 10.1 Å². The van der Waals surface area contributed by atoms with Crippen LogP contribution < -0.4 is 9.75 Å². The second-order valence-corrected chi connectivity index (χ2v) is 6.26. The lowest BCUT2D eigenvalue weighted by molar-refractivity contribution is -0.118. The zero-order chi connectivity index (χ0) is 18.0. The summed E-state index contributed by atoms with van der Waals surface area (Å²) in [6.45, 7) is 3.55. The molecule has 1 aromatic heterocycles. The predicted molar refractivity (Wildman–Crippen MR) is 96.3 cm³/mol. The lowest BCUT2D eigenvalue weighted by Gasteiger charge is -2.22. The molecule has 0 unspecified atom stereocenters. The van der Waals surface area contributed by atoms with Crippen molar-refractivity contribution >= 4 is 34.4 Å². The minimum Gasteiger partial charge on any atom is -0.497 e. The van der Waals surface area contributed by atoms with Gasteiger partial charge in [-0.25, -0.2) is 4.98 Å². The molecule has 2 heterocycles. The molecule has 25 heavy (non-hydrogen) atoms. The molecule has 7 nitrogen and oxygen atoms in total. The van der Waals surface area contributed by atoms with Crippen molar-refractivity contribution in [3.63, 3.8) is 0 Å². The summed E-state index contributed by atoms with van der Waals surface area (Å²) >= 11 is 1.33. The number of ether oxygens (including phenoxy) is 1. The molecular formula is C17H18N4O3S. The van der Waals surface area contributed by atoms with Crippen LogP contribution in [0.4, 0.5) is 5.82 Å². The van der Waals surface area contributed by atoms with Gasteiger partial charge in [0.25, 0.3) is 0 Å². The molecule has 130 valence electrons. The predicted octanol–water partition coefficient (Wildman–Crippen LogP) is 3.15. The highest BCUT2D eigenvalue weighted by atomic mass is 32.2. The van der Waals surface area contributed by atoms with Crippen LogP contribution in [0.15, 0.2) is 40.7 Å². The monoisotopic (exact) mass is 358 g/mol. The number of rotatable bonds is 4. The molecule has 0 saturated carbocycles. The first-order valence-electron chi connectivity index (χ1n) is 7.93. The van der Waals surface area contributed by atoms with Gasteiger partial charge in [0.2, 0.25) is 11.8 Å². The summed E-state index contributed by atoms with van der Waals surface area (Å²) in [6.07, 6.45) is 2.09. The van der Waals surface area contributed by atoms with Crippen LogP contribution in [0.1, 0.15) is 37.0 Å². The first-order valence-corrected chi connectivity index (χ1v) is 8.75. The number of aromatic nitrogens is 2. The van der Waals surface area contributed by atoms with Gasteiger partial charge in [0.15, 0.2) is 5.82 Å². The van der Waals surface area contributed by atoms with E-state index in [1.165, 1.54) is 27.7 Å². The number of anilines is 1. The summed E-state index contributed by atoms with van der Waals surface area (Å²) in [7, 11) is 1.60. The minimum atomic E-state index is -0.179. The average molecular weight is 358 g/mol. The van der Waals surface area contributed by atoms with Crippen molar-refractivity contribution in [3.05, 3.63) is 36.2 Å². The second kappa shape index (κ2) is 7.10. The maximum absolute atomic E-state index is 12.3. The largest absolute Gasteiger partial charge is 0.497 e. The van der Waals surface area contributed by atoms with Crippen molar-refractivity contribution in [2.24, 2.45) is 5.10 Å². The number of fused-ring (bicyclic) bond motifs is 1. The Kier molecular flexibility index (Phi) is 4.89. The summed E-state index contributed by atoms with van der Waals surface area (Å²) in [5.41, 5.74) is 0.835. The van der Waals surface area contributed by atoms with Gasteiger partial charge in [-0.1, -0.05) is 13.8 Å². The van der Waals surface area contributed by atoms with Gasteiger partial charge in [0.1, 0.15) is 22.1 Å². The summed E-state index contributed by atoms with van der Waals surface area (Å²) < 4.78 is 6.65. The van der Waals surface area contributed by atoms with E-state index in [1.54, 1.807) is 21.0 Å². The van der Waals surface area contributed by atoms with E-state index in [-0.39, 0.29) is 18.2 Å². The van der Waals surface area contributed by atoms with E-state index in [4.69, 9.17) is 4.74 Å². The Labute approximate surface area is 149 Å². The Hall–Kier alpha value is -2.61. The molecule has 0 radical (unpaired) electrons. The number of amides is 1. The molecule has 8 heteroatoms. The van der Waals surface area contributed by atoms with Gasteiger partial charge >= 0.3 is 0 Å². The number of carbonyl (C=O) groups is 2. The van der Waals surface area contributed by atoms with Crippen LogP contribution in [0.5, 0.6) is 5.75 Å². The van der Waals surface area contributed by atoms with E-state index in [1.807, 2.05) is 24.3 Å². The standard InChI is InChI=1S/C17H18N4O3S/c1-4-13(22)20-10-18-15-17(20)25-16(19-21(15)14(23)5-2)11-6-8-12(24-3)9-7-11/h6-10H,4-5H2,1-3H3. The smallest absolute Gasteiger partial charge is 0.248 e. The van der Waals surface area contributed by atoms with Crippen molar-refractivity contribution < 1.29 is 14.3 Å². The molecule has 1 aliphatic heterocycles. The van der Waals surface area contributed by atoms with E-state index >= 15 is 0 Å². The van der Waals surface area contributed by atoms with Crippen molar-refractivity contribution in [3.8, 4) is 5.75 Å².